The molecule has 0 spiro atoms. The molecule has 8 nitrogen and oxygen atoms in total. The summed E-state index contributed by atoms with van der Waals surface area (Å²) >= 11 is 0. The van der Waals surface area contributed by atoms with E-state index in [2.05, 4.69) is 16.2 Å². The summed E-state index contributed by atoms with van der Waals surface area (Å²) in [5, 5.41) is 13.9. The Balaban J connectivity index is 1.83. The minimum absolute atomic E-state index is 0.0975. The van der Waals surface area contributed by atoms with Crippen LogP contribution in [0.25, 0.3) is 11.4 Å². The molecule has 1 aliphatic heterocycles. The number of hydrogen-bond acceptors (Lipinski definition) is 6. The molecule has 8 heteroatoms. The maximum absolute atomic E-state index is 12.3. The Bertz CT molecular complexity index is 931. The van der Waals surface area contributed by atoms with Crippen molar-refractivity contribution in [1.82, 2.24) is 19.7 Å². The fourth-order valence-corrected chi connectivity index (χ4v) is 3.44. The van der Waals surface area contributed by atoms with Gasteiger partial charge in [-0.15, -0.1) is 0 Å². The first-order valence-electron chi connectivity index (χ1n) is 9.71. The lowest BCUT2D eigenvalue weighted by molar-refractivity contribution is 0.0185. The van der Waals surface area contributed by atoms with E-state index in [0.717, 1.165) is 18.4 Å². The highest BCUT2D eigenvalue weighted by molar-refractivity contribution is 5.68. The Morgan fingerprint density at radius 3 is 2.55 bits per heavy atom. The molecule has 0 saturated carbocycles. The van der Waals surface area contributed by atoms with Gasteiger partial charge in [0, 0.05) is 13.1 Å². The van der Waals surface area contributed by atoms with Gasteiger partial charge in [-0.05, 0) is 58.7 Å². The van der Waals surface area contributed by atoms with Crippen LogP contribution >= 0.6 is 0 Å². The van der Waals surface area contributed by atoms with Crippen molar-refractivity contribution in [3.63, 3.8) is 0 Å². The molecule has 1 aromatic carbocycles. The van der Waals surface area contributed by atoms with Gasteiger partial charge in [0.15, 0.2) is 5.82 Å². The van der Waals surface area contributed by atoms with Crippen molar-refractivity contribution in [2.75, 3.05) is 20.2 Å². The SMILES string of the molecule is COc1ccc(C#N)cc1-c1nc(C)nn1C1CCN(C(=O)OC(C)(C)C)CC1. The highest BCUT2D eigenvalue weighted by atomic mass is 16.6. The van der Waals surface area contributed by atoms with E-state index in [0.29, 0.717) is 36.1 Å². The quantitative estimate of drug-likeness (QED) is 0.784. The standard InChI is InChI=1S/C21H27N5O3/c1-14-23-19(17-12-15(13-22)6-7-18(17)28-5)26(24-14)16-8-10-25(11-9-16)20(27)29-21(2,3)4/h6-7,12,16H,8-11H2,1-5H3. The molecule has 1 fully saturated rings. The third kappa shape index (κ3) is 4.67. The van der Waals surface area contributed by atoms with Crippen LogP contribution in [0.1, 0.15) is 51.0 Å². The van der Waals surface area contributed by atoms with Gasteiger partial charge < -0.3 is 14.4 Å². The van der Waals surface area contributed by atoms with Crippen molar-refractivity contribution in [2.24, 2.45) is 0 Å². The lowest BCUT2D eigenvalue weighted by atomic mass is 10.0. The van der Waals surface area contributed by atoms with E-state index in [1.54, 1.807) is 30.2 Å². The number of amides is 1. The second kappa shape index (κ2) is 8.11. The number of aromatic nitrogens is 3. The molecule has 0 atom stereocenters. The molecule has 0 radical (unpaired) electrons. The number of ether oxygens (including phenoxy) is 2. The van der Waals surface area contributed by atoms with Crippen molar-refractivity contribution in [2.45, 2.75) is 52.2 Å². The maximum atomic E-state index is 12.3. The highest BCUT2D eigenvalue weighted by Crippen LogP contribution is 2.33. The summed E-state index contributed by atoms with van der Waals surface area (Å²) in [6, 6.07) is 7.52. The number of nitrogens with zero attached hydrogens (tertiary/aromatic N) is 5. The number of carbonyl (C=O) groups is 1. The molecule has 2 heterocycles. The van der Waals surface area contributed by atoms with Crippen LogP contribution in [0.3, 0.4) is 0 Å². The van der Waals surface area contributed by atoms with Crippen LogP contribution in [0.2, 0.25) is 0 Å². The summed E-state index contributed by atoms with van der Waals surface area (Å²) in [4.78, 5) is 18.7. The number of rotatable bonds is 3. The Hall–Kier alpha value is -3.08. The minimum Gasteiger partial charge on any atom is -0.496 e. The molecular weight excluding hydrogens is 370 g/mol. The zero-order valence-corrected chi connectivity index (χ0v) is 17.6. The summed E-state index contributed by atoms with van der Waals surface area (Å²) in [5.74, 6) is 1.97. The average molecular weight is 397 g/mol. The first-order valence-corrected chi connectivity index (χ1v) is 9.71. The molecule has 2 aromatic rings. The van der Waals surface area contributed by atoms with Gasteiger partial charge in [-0.25, -0.2) is 14.5 Å². The molecule has 1 saturated heterocycles. The third-order valence-electron chi connectivity index (χ3n) is 4.77. The van der Waals surface area contributed by atoms with Gasteiger partial charge in [0.25, 0.3) is 0 Å². The van der Waals surface area contributed by atoms with E-state index in [9.17, 15) is 10.1 Å². The number of benzene rings is 1. The second-order valence-electron chi connectivity index (χ2n) is 8.15. The Labute approximate surface area is 171 Å². The minimum atomic E-state index is -0.508. The number of piperidine rings is 1. The van der Waals surface area contributed by atoms with Crippen molar-refractivity contribution in [1.29, 1.82) is 5.26 Å². The van der Waals surface area contributed by atoms with E-state index >= 15 is 0 Å². The van der Waals surface area contributed by atoms with Crippen molar-refractivity contribution in [3.8, 4) is 23.2 Å². The average Bonchev–Trinajstić information content (AvgIpc) is 3.07. The van der Waals surface area contributed by atoms with Gasteiger partial charge in [0.1, 0.15) is 17.2 Å². The van der Waals surface area contributed by atoms with Gasteiger partial charge in [0.2, 0.25) is 0 Å². The first kappa shape index (κ1) is 20.6. The van der Waals surface area contributed by atoms with E-state index in [1.807, 2.05) is 32.4 Å². The predicted molar refractivity (Wildman–Crippen MR) is 108 cm³/mol. The van der Waals surface area contributed by atoms with E-state index in [-0.39, 0.29) is 12.1 Å². The fourth-order valence-electron chi connectivity index (χ4n) is 3.44. The van der Waals surface area contributed by atoms with Crippen LogP contribution in [-0.2, 0) is 4.74 Å². The summed E-state index contributed by atoms with van der Waals surface area (Å²) in [5.41, 5.74) is 0.765. The molecule has 0 N–H and O–H groups in total. The van der Waals surface area contributed by atoms with Gasteiger partial charge in [-0.2, -0.15) is 10.4 Å². The zero-order valence-electron chi connectivity index (χ0n) is 17.6. The van der Waals surface area contributed by atoms with E-state index < -0.39 is 5.60 Å². The summed E-state index contributed by atoms with van der Waals surface area (Å²) in [6.45, 7) is 8.62. The maximum Gasteiger partial charge on any atom is 0.410 e. The summed E-state index contributed by atoms with van der Waals surface area (Å²) in [6.07, 6.45) is 1.21. The lowest BCUT2D eigenvalue weighted by Crippen LogP contribution is -2.42. The molecule has 154 valence electrons. The largest absolute Gasteiger partial charge is 0.496 e. The molecular formula is C21H27N5O3. The van der Waals surface area contributed by atoms with Crippen molar-refractivity contribution in [3.05, 3.63) is 29.6 Å². The Kier molecular flexibility index (Phi) is 5.78. The third-order valence-corrected chi connectivity index (χ3v) is 4.77. The zero-order chi connectivity index (χ0) is 21.2. The van der Waals surface area contributed by atoms with Crippen LogP contribution in [0.5, 0.6) is 5.75 Å². The van der Waals surface area contributed by atoms with Crippen LogP contribution < -0.4 is 4.74 Å². The van der Waals surface area contributed by atoms with Crippen LogP contribution in [0, 0.1) is 18.3 Å². The molecule has 0 unspecified atom stereocenters. The molecule has 0 aliphatic carbocycles. The van der Waals surface area contributed by atoms with E-state index in [4.69, 9.17) is 9.47 Å². The topological polar surface area (TPSA) is 93.3 Å². The van der Waals surface area contributed by atoms with Gasteiger partial charge in [-0.3, -0.25) is 0 Å². The molecule has 1 amide bonds. The predicted octanol–water partition coefficient (Wildman–Crippen LogP) is 3.71. The monoisotopic (exact) mass is 397 g/mol. The lowest BCUT2D eigenvalue weighted by Gasteiger charge is -2.33. The smallest absolute Gasteiger partial charge is 0.410 e. The fraction of sp³-hybridized carbons (Fsp3) is 0.524. The number of methoxy groups -OCH3 is 1. The second-order valence-corrected chi connectivity index (χ2v) is 8.15. The number of carbonyl (C=O) groups excluding carboxylic acids is 1. The number of likely N-dealkylation sites (tertiary alicyclic amines) is 1. The molecule has 1 aromatic heterocycles. The van der Waals surface area contributed by atoms with Crippen LogP contribution in [0.4, 0.5) is 4.79 Å². The van der Waals surface area contributed by atoms with Gasteiger partial charge >= 0.3 is 6.09 Å². The van der Waals surface area contributed by atoms with E-state index in [1.165, 1.54) is 0 Å². The van der Waals surface area contributed by atoms with Gasteiger partial charge in [0.05, 0.1) is 30.3 Å². The number of nitriles is 1. The normalized spacial score (nSPS) is 15.1. The van der Waals surface area contributed by atoms with Crippen LogP contribution in [0.15, 0.2) is 18.2 Å². The number of hydrogen-bond donors (Lipinski definition) is 0. The summed E-state index contributed by atoms with van der Waals surface area (Å²) in [7, 11) is 1.60. The molecule has 1 aliphatic rings. The molecule has 3 rings (SSSR count). The molecule has 29 heavy (non-hydrogen) atoms. The molecule has 0 bridgehead atoms. The van der Waals surface area contributed by atoms with Crippen molar-refractivity contribution >= 4 is 6.09 Å². The Morgan fingerprint density at radius 2 is 1.97 bits per heavy atom. The van der Waals surface area contributed by atoms with Crippen LogP contribution in [-0.4, -0.2) is 51.6 Å². The Morgan fingerprint density at radius 1 is 1.28 bits per heavy atom. The number of aryl methyl sites for hydroxylation is 1. The van der Waals surface area contributed by atoms with Gasteiger partial charge in [-0.1, -0.05) is 0 Å². The summed E-state index contributed by atoms with van der Waals surface area (Å²) < 4.78 is 12.9. The highest BCUT2D eigenvalue weighted by Gasteiger charge is 2.30. The van der Waals surface area contributed by atoms with Crippen molar-refractivity contribution < 1.29 is 14.3 Å². The first-order chi connectivity index (χ1) is 13.7.